The molecular weight excluding hydrogens is 310 g/mol. The number of hydrogen-bond acceptors (Lipinski definition) is 5. The van der Waals surface area contributed by atoms with Crippen molar-refractivity contribution in [1.29, 1.82) is 0 Å². The fourth-order valence-corrected chi connectivity index (χ4v) is 2.50. The number of carbonyl (C=O) groups is 1. The summed E-state index contributed by atoms with van der Waals surface area (Å²) in [5.41, 5.74) is 1.76. The SMILES string of the molecule is CC(C)(C)OC(=O)NCc1ccc(CNCc2nccs2)cc1. The number of alkyl carbamates (subject to hydrolysis) is 1. The van der Waals surface area contributed by atoms with Crippen LogP contribution in [0, 0.1) is 0 Å². The molecule has 0 spiro atoms. The fraction of sp³-hybridized carbons (Fsp3) is 0.412. The molecule has 0 aliphatic rings. The van der Waals surface area contributed by atoms with Gasteiger partial charge in [-0.3, -0.25) is 0 Å². The van der Waals surface area contributed by atoms with E-state index in [9.17, 15) is 4.79 Å². The second-order valence-electron chi connectivity index (χ2n) is 6.20. The summed E-state index contributed by atoms with van der Waals surface area (Å²) in [7, 11) is 0. The molecule has 5 nitrogen and oxygen atoms in total. The second-order valence-corrected chi connectivity index (χ2v) is 7.18. The molecule has 1 heterocycles. The molecule has 0 aliphatic carbocycles. The van der Waals surface area contributed by atoms with Crippen molar-refractivity contribution < 1.29 is 9.53 Å². The summed E-state index contributed by atoms with van der Waals surface area (Å²) in [6.45, 7) is 7.57. The van der Waals surface area contributed by atoms with Crippen molar-refractivity contribution in [3.63, 3.8) is 0 Å². The van der Waals surface area contributed by atoms with Gasteiger partial charge in [0, 0.05) is 31.2 Å². The number of nitrogens with zero attached hydrogens (tertiary/aromatic N) is 1. The van der Waals surface area contributed by atoms with Crippen molar-refractivity contribution in [2.75, 3.05) is 0 Å². The Labute approximate surface area is 141 Å². The maximum atomic E-state index is 11.6. The van der Waals surface area contributed by atoms with E-state index in [1.165, 1.54) is 5.56 Å². The Hall–Kier alpha value is -1.92. The van der Waals surface area contributed by atoms with Crippen molar-refractivity contribution in [2.45, 2.75) is 46.0 Å². The fourth-order valence-electron chi connectivity index (χ4n) is 1.92. The van der Waals surface area contributed by atoms with Crippen LogP contribution in [-0.4, -0.2) is 16.7 Å². The lowest BCUT2D eigenvalue weighted by Crippen LogP contribution is -2.32. The molecule has 0 radical (unpaired) electrons. The van der Waals surface area contributed by atoms with Crippen molar-refractivity contribution in [3.05, 3.63) is 52.0 Å². The number of aromatic nitrogens is 1. The molecular formula is C17H23N3O2S. The van der Waals surface area contributed by atoms with Crippen LogP contribution in [0.15, 0.2) is 35.8 Å². The molecule has 2 rings (SSSR count). The van der Waals surface area contributed by atoms with Crippen molar-refractivity contribution in [3.8, 4) is 0 Å². The van der Waals surface area contributed by atoms with Gasteiger partial charge < -0.3 is 15.4 Å². The van der Waals surface area contributed by atoms with Gasteiger partial charge in [0.15, 0.2) is 0 Å². The van der Waals surface area contributed by atoms with E-state index in [0.29, 0.717) is 6.54 Å². The maximum absolute atomic E-state index is 11.6. The normalized spacial score (nSPS) is 11.3. The number of carbonyl (C=O) groups excluding carboxylic acids is 1. The highest BCUT2D eigenvalue weighted by Gasteiger charge is 2.15. The predicted molar refractivity (Wildman–Crippen MR) is 92.2 cm³/mol. The Morgan fingerprint density at radius 1 is 1.13 bits per heavy atom. The number of amides is 1. The minimum absolute atomic E-state index is 0.397. The summed E-state index contributed by atoms with van der Waals surface area (Å²) in [5.74, 6) is 0. The first-order chi connectivity index (χ1) is 10.9. The molecule has 124 valence electrons. The van der Waals surface area contributed by atoms with E-state index in [1.54, 1.807) is 11.3 Å². The molecule has 0 saturated heterocycles. The van der Waals surface area contributed by atoms with Gasteiger partial charge in [0.2, 0.25) is 0 Å². The number of thiazole rings is 1. The molecule has 0 saturated carbocycles. The Balaban J connectivity index is 1.72. The highest BCUT2D eigenvalue weighted by atomic mass is 32.1. The standard InChI is InChI=1S/C17H23N3O2S/c1-17(2,3)22-16(21)20-11-14-6-4-13(5-7-14)10-18-12-15-19-8-9-23-15/h4-9,18H,10-12H2,1-3H3,(H,20,21). The average molecular weight is 333 g/mol. The molecule has 1 aromatic heterocycles. The zero-order valence-corrected chi connectivity index (χ0v) is 14.6. The van der Waals surface area contributed by atoms with Gasteiger partial charge in [-0.2, -0.15) is 0 Å². The van der Waals surface area contributed by atoms with E-state index in [4.69, 9.17) is 4.74 Å². The number of ether oxygens (including phenoxy) is 1. The van der Waals surface area contributed by atoms with E-state index >= 15 is 0 Å². The van der Waals surface area contributed by atoms with Crippen LogP contribution in [0.3, 0.4) is 0 Å². The first-order valence-corrected chi connectivity index (χ1v) is 8.44. The highest BCUT2D eigenvalue weighted by Crippen LogP contribution is 2.08. The van der Waals surface area contributed by atoms with Crippen LogP contribution in [0.2, 0.25) is 0 Å². The zero-order valence-electron chi connectivity index (χ0n) is 13.8. The summed E-state index contributed by atoms with van der Waals surface area (Å²) >= 11 is 1.65. The molecule has 0 bridgehead atoms. The first kappa shape index (κ1) is 17.4. The number of benzene rings is 1. The van der Waals surface area contributed by atoms with Crippen LogP contribution in [0.5, 0.6) is 0 Å². The minimum Gasteiger partial charge on any atom is -0.444 e. The van der Waals surface area contributed by atoms with Crippen LogP contribution >= 0.6 is 11.3 Å². The van der Waals surface area contributed by atoms with E-state index in [0.717, 1.165) is 23.7 Å². The third kappa shape index (κ3) is 6.80. The summed E-state index contributed by atoms with van der Waals surface area (Å²) < 4.78 is 5.21. The Kier molecular flexibility index (Phi) is 6.12. The summed E-state index contributed by atoms with van der Waals surface area (Å²) in [6, 6.07) is 8.14. The van der Waals surface area contributed by atoms with E-state index in [1.807, 2.05) is 44.5 Å². The third-order valence-electron chi connectivity index (χ3n) is 2.95. The smallest absolute Gasteiger partial charge is 0.407 e. The quantitative estimate of drug-likeness (QED) is 0.850. The Morgan fingerprint density at radius 3 is 2.35 bits per heavy atom. The molecule has 1 aromatic carbocycles. The van der Waals surface area contributed by atoms with Crippen molar-refractivity contribution in [1.82, 2.24) is 15.6 Å². The Bertz CT molecular complexity index is 604. The molecule has 6 heteroatoms. The largest absolute Gasteiger partial charge is 0.444 e. The molecule has 0 aliphatic heterocycles. The van der Waals surface area contributed by atoms with E-state index in [2.05, 4.69) is 27.8 Å². The molecule has 0 atom stereocenters. The lowest BCUT2D eigenvalue weighted by Gasteiger charge is -2.19. The molecule has 2 aromatic rings. The van der Waals surface area contributed by atoms with Crippen molar-refractivity contribution >= 4 is 17.4 Å². The third-order valence-corrected chi connectivity index (χ3v) is 3.73. The molecule has 1 amide bonds. The lowest BCUT2D eigenvalue weighted by atomic mass is 10.1. The van der Waals surface area contributed by atoms with Gasteiger partial charge in [0.1, 0.15) is 10.6 Å². The van der Waals surface area contributed by atoms with E-state index in [-0.39, 0.29) is 0 Å². The predicted octanol–water partition coefficient (Wildman–Crippen LogP) is 3.46. The zero-order chi connectivity index (χ0) is 16.7. The van der Waals surface area contributed by atoms with Crippen LogP contribution in [0.25, 0.3) is 0 Å². The van der Waals surface area contributed by atoms with E-state index < -0.39 is 11.7 Å². The molecule has 0 fully saturated rings. The van der Waals surface area contributed by atoms with Crippen LogP contribution < -0.4 is 10.6 Å². The molecule has 2 N–H and O–H groups in total. The summed E-state index contributed by atoms with van der Waals surface area (Å²) in [6.07, 6.45) is 1.42. The topological polar surface area (TPSA) is 63.2 Å². The second kappa shape index (κ2) is 8.08. The van der Waals surface area contributed by atoms with Crippen LogP contribution in [0.4, 0.5) is 4.79 Å². The molecule has 23 heavy (non-hydrogen) atoms. The lowest BCUT2D eigenvalue weighted by molar-refractivity contribution is 0.0523. The Morgan fingerprint density at radius 2 is 1.78 bits per heavy atom. The summed E-state index contributed by atoms with van der Waals surface area (Å²) in [5, 5.41) is 9.17. The average Bonchev–Trinajstić information content (AvgIpc) is 2.98. The first-order valence-electron chi connectivity index (χ1n) is 7.56. The van der Waals surface area contributed by atoms with Crippen molar-refractivity contribution in [2.24, 2.45) is 0 Å². The monoisotopic (exact) mass is 333 g/mol. The highest BCUT2D eigenvalue weighted by molar-refractivity contribution is 7.09. The van der Waals surface area contributed by atoms with Crippen LogP contribution in [-0.2, 0) is 24.4 Å². The van der Waals surface area contributed by atoms with Gasteiger partial charge in [0.25, 0.3) is 0 Å². The van der Waals surface area contributed by atoms with Gasteiger partial charge in [-0.15, -0.1) is 11.3 Å². The number of rotatable bonds is 6. The van der Waals surface area contributed by atoms with Crippen LogP contribution in [0.1, 0.15) is 36.9 Å². The number of nitrogens with one attached hydrogen (secondary N) is 2. The maximum Gasteiger partial charge on any atom is 0.407 e. The van der Waals surface area contributed by atoms with Gasteiger partial charge in [-0.1, -0.05) is 24.3 Å². The van der Waals surface area contributed by atoms with Gasteiger partial charge in [0.05, 0.1) is 0 Å². The summed E-state index contributed by atoms with van der Waals surface area (Å²) in [4.78, 5) is 15.8. The number of hydrogen-bond donors (Lipinski definition) is 2. The van der Waals surface area contributed by atoms with Gasteiger partial charge in [-0.25, -0.2) is 9.78 Å². The minimum atomic E-state index is -0.475. The van der Waals surface area contributed by atoms with Gasteiger partial charge >= 0.3 is 6.09 Å². The molecule has 0 unspecified atom stereocenters. The van der Waals surface area contributed by atoms with Gasteiger partial charge in [-0.05, 0) is 31.9 Å².